The van der Waals surface area contributed by atoms with Crippen molar-refractivity contribution < 1.29 is 14.3 Å². The van der Waals surface area contributed by atoms with Gasteiger partial charge < -0.3 is 20.1 Å². The fourth-order valence-corrected chi connectivity index (χ4v) is 1.37. The van der Waals surface area contributed by atoms with E-state index in [0.717, 1.165) is 19.4 Å². The molecule has 0 bridgehead atoms. The van der Waals surface area contributed by atoms with Gasteiger partial charge in [-0.1, -0.05) is 13.8 Å². The molecule has 5 heteroatoms. The molecule has 0 aliphatic rings. The van der Waals surface area contributed by atoms with Crippen LogP contribution in [0.25, 0.3) is 0 Å². The van der Waals surface area contributed by atoms with E-state index in [1.165, 1.54) is 0 Å². The molecule has 0 rings (SSSR count). The molecule has 0 aromatic heterocycles. The van der Waals surface area contributed by atoms with Crippen molar-refractivity contribution >= 4 is 5.91 Å². The summed E-state index contributed by atoms with van der Waals surface area (Å²) >= 11 is 0. The van der Waals surface area contributed by atoms with E-state index in [-0.39, 0.29) is 5.91 Å². The van der Waals surface area contributed by atoms with E-state index in [4.69, 9.17) is 9.47 Å². The third-order valence-corrected chi connectivity index (χ3v) is 2.35. The summed E-state index contributed by atoms with van der Waals surface area (Å²) in [5, 5.41) is 6.17. The number of hydrogen-bond donors (Lipinski definition) is 2. The number of ether oxygens (including phenoxy) is 2. The largest absolute Gasteiger partial charge is 0.382 e. The first kappa shape index (κ1) is 17.4. The van der Waals surface area contributed by atoms with E-state index in [2.05, 4.69) is 24.5 Å². The molecule has 0 heterocycles. The molecule has 5 nitrogen and oxygen atoms in total. The SMILES string of the molecule is COCCOCCCNC(=O)CCCNC(C)C. The van der Waals surface area contributed by atoms with Crippen LogP contribution in [0, 0.1) is 0 Å². The maximum atomic E-state index is 11.4. The highest BCUT2D eigenvalue weighted by molar-refractivity contribution is 5.75. The predicted molar refractivity (Wildman–Crippen MR) is 72.7 cm³/mol. The van der Waals surface area contributed by atoms with Crippen LogP contribution in [-0.2, 0) is 14.3 Å². The average molecular weight is 260 g/mol. The minimum absolute atomic E-state index is 0.123. The lowest BCUT2D eigenvalue weighted by molar-refractivity contribution is -0.121. The molecule has 2 N–H and O–H groups in total. The van der Waals surface area contributed by atoms with Gasteiger partial charge in [-0.2, -0.15) is 0 Å². The molecule has 0 radical (unpaired) electrons. The van der Waals surface area contributed by atoms with E-state index in [1.807, 2.05) is 0 Å². The summed E-state index contributed by atoms with van der Waals surface area (Å²) in [4.78, 5) is 11.4. The molecular formula is C13H28N2O3. The van der Waals surface area contributed by atoms with E-state index in [9.17, 15) is 4.79 Å². The van der Waals surface area contributed by atoms with Gasteiger partial charge in [0.1, 0.15) is 0 Å². The Morgan fingerprint density at radius 2 is 1.89 bits per heavy atom. The number of methoxy groups -OCH3 is 1. The summed E-state index contributed by atoms with van der Waals surface area (Å²) in [6, 6.07) is 0.484. The Hall–Kier alpha value is -0.650. The van der Waals surface area contributed by atoms with Crippen molar-refractivity contribution in [3.63, 3.8) is 0 Å². The van der Waals surface area contributed by atoms with Crippen molar-refractivity contribution in [3.8, 4) is 0 Å². The Morgan fingerprint density at radius 3 is 2.56 bits per heavy atom. The second-order valence-corrected chi connectivity index (χ2v) is 4.52. The molecule has 0 aromatic carbocycles. The quantitative estimate of drug-likeness (QED) is 0.513. The van der Waals surface area contributed by atoms with Gasteiger partial charge in [-0.3, -0.25) is 4.79 Å². The van der Waals surface area contributed by atoms with Gasteiger partial charge in [-0.25, -0.2) is 0 Å². The van der Waals surface area contributed by atoms with Crippen molar-refractivity contribution in [2.45, 2.75) is 39.2 Å². The monoisotopic (exact) mass is 260 g/mol. The Bertz CT molecular complexity index is 199. The molecule has 0 unspecified atom stereocenters. The molecule has 0 aromatic rings. The number of nitrogens with one attached hydrogen (secondary N) is 2. The Balaban J connectivity index is 3.17. The maximum absolute atomic E-state index is 11.4. The molecule has 0 aliphatic carbocycles. The van der Waals surface area contributed by atoms with Gasteiger partial charge in [0.15, 0.2) is 0 Å². The van der Waals surface area contributed by atoms with Crippen LogP contribution in [0.1, 0.15) is 33.1 Å². The minimum Gasteiger partial charge on any atom is -0.382 e. The van der Waals surface area contributed by atoms with Gasteiger partial charge in [0, 0.05) is 32.7 Å². The van der Waals surface area contributed by atoms with E-state index in [1.54, 1.807) is 7.11 Å². The maximum Gasteiger partial charge on any atom is 0.220 e. The highest BCUT2D eigenvalue weighted by Gasteiger charge is 2.00. The Labute approximate surface area is 111 Å². The van der Waals surface area contributed by atoms with Crippen LogP contribution < -0.4 is 10.6 Å². The number of carbonyl (C=O) groups excluding carboxylic acids is 1. The van der Waals surface area contributed by atoms with Crippen molar-refractivity contribution in [2.24, 2.45) is 0 Å². The average Bonchev–Trinajstić information content (AvgIpc) is 2.33. The molecule has 0 spiro atoms. The Morgan fingerprint density at radius 1 is 1.11 bits per heavy atom. The summed E-state index contributed by atoms with van der Waals surface area (Å²) < 4.78 is 10.2. The van der Waals surface area contributed by atoms with Gasteiger partial charge >= 0.3 is 0 Å². The first-order valence-electron chi connectivity index (χ1n) is 6.73. The molecule has 0 aliphatic heterocycles. The molecular weight excluding hydrogens is 232 g/mol. The number of rotatable bonds is 12. The van der Waals surface area contributed by atoms with Crippen LogP contribution in [0.5, 0.6) is 0 Å². The second kappa shape index (κ2) is 12.8. The van der Waals surface area contributed by atoms with Crippen molar-refractivity contribution in [3.05, 3.63) is 0 Å². The van der Waals surface area contributed by atoms with Crippen LogP contribution in [0.4, 0.5) is 0 Å². The fourth-order valence-electron chi connectivity index (χ4n) is 1.37. The third-order valence-electron chi connectivity index (χ3n) is 2.35. The lowest BCUT2D eigenvalue weighted by atomic mass is 10.2. The van der Waals surface area contributed by atoms with Gasteiger partial charge in [0.05, 0.1) is 13.2 Å². The first-order chi connectivity index (χ1) is 8.66. The summed E-state index contributed by atoms with van der Waals surface area (Å²) in [5.41, 5.74) is 0. The smallest absolute Gasteiger partial charge is 0.220 e. The third kappa shape index (κ3) is 13.4. The predicted octanol–water partition coefficient (Wildman–Crippen LogP) is 0.934. The van der Waals surface area contributed by atoms with Gasteiger partial charge in [0.2, 0.25) is 5.91 Å². The molecule has 0 atom stereocenters. The highest BCUT2D eigenvalue weighted by Crippen LogP contribution is 1.89. The zero-order chi connectivity index (χ0) is 13.6. The number of amides is 1. The normalized spacial score (nSPS) is 10.9. The first-order valence-corrected chi connectivity index (χ1v) is 6.73. The van der Waals surface area contributed by atoms with Crippen LogP contribution in [-0.4, -0.2) is 52.0 Å². The summed E-state index contributed by atoms with van der Waals surface area (Å²) in [6.07, 6.45) is 2.32. The zero-order valence-corrected chi connectivity index (χ0v) is 12.0. The standard InChI is InChI=1S/C13H28N2O3/c1-12(2)14-7-4-6-13(16)15-8-5-9-18-11-10-17-3/h12,14H,4-11H2,1-3H3,(H,15,16). The van der Waals surface area contributed by atoms with Crippen molar-refractivity contribution in [2.75, 3.05) is 40.0 Å². The second-order valence-electron chi connectivity index (χ2n) is 4.52. The van der Waals surface area contributed by atoms with Crippen LogP contribution in [0.2, 0.25) is 0 Å². The zero-order valence-electron chi connectivity index (χ0n) is 12.0. The summed E-state index contributed by atoms with van der Waals surface area (Å²) in [7, 11) is 1.65. The van der Waals surface area contributed by atoms with E-state index in [0.29, 0.717) is 38.8 Å². The van der Waals surface area contributed by atoms with Gasteiger partial charge in [0.25, 0.3) is 0 Å². The lowest BCUT2D eigenvalue weighted by Crippen LogP contribution is -2.28. The van der Waals surface area contributed by atoms with Crippen LogP contribution in [0.3, 0.4) is 0 Å². The molecule has 0 saturated heterocycles. The van der Waals surface area contributed by atoms with Crippen molar-refractivity contribution in [1.29, 1.82) is 0 Å². The molecule has 0 saturated carbocycles. The van der Waals surface area contributed by atoms with Gasteiger partial charge in [-0.15, -0.1) is 0 Å². The highest BCUT2D eigenvalue weighted by atomic mass is 16.5. The lowest BCUT2D eigenvalue weighted by Gasteiger charge is -2.08. The minimum atomic E-state index is 0.123. The molecule has 1 amide bonds. The molecule has 108 valence electrons. The fraction of sp³-hybridized carbons (Fsp3) is 0.923. The summed E-state index contributed by atoms with van der Waals surface area (Å²) in [6.45, 7) is 7.68. The molecule has 18 heavy (non-hydrogen) atoms. The van der Waals surface area contributed by atoms with Crippen LogP contribution in [0.15, 0.2) is 0 Å². The van der Waals surface area contributed by atoms with Crippen molar-refractivity contribution in [1.82, 2.24) is 10.6 Å². The Kier molecular flexibility index (Phi) is 12.3. The molecule has 0 fully saturated rings. The number of hydrogen-bond acceptors (Lipinski definition) is 4. The topological polar surface area (TPSA) is 59.6 Å². The van der Waals surface area contributed by atoms with E-state index < -0.39 is 0 Å². The summed E-state index contributed by atoms with van der Waals surface area (Å²) in [5.74, 6) is 0.123. The van der Waals surface area contributed by atoms with E-state index >= 15 is 0 Å². The van der Waals surface area contributed by atoms with Gasteiger partial charge in [-0.05, 0) is 19.4 Å². The van der Waals surface area contributed by atoms with Crippen LogP contribution >= 0.6 is 0 Å². The number of carbonyl (C=O) groups is 1.